The molecule has 2 aliphatic heterocycles. The molecule has 4 nitrogen and oxygen atoms in total. The van der Waals surface area contributed by atoms with Crippen LogP contribution in [0.15, 0.2) is 21.4 Å². The third kappa shape index (κ3) is 2.46. The van der Waals surface area contributed by atoms with Crippen LogP contribution in [-0.4, -0.2) is 47.9 Å². The maximum Gasteiger partial charge on any atom is 0.257 e. The van der Waals surface area contributed by atoms with Crippen LogP contribution < -0.4 is 0 Å². The summed E-state index contributed by atoms with van der Waals surface area (Å²) in [7, 11) is 2.17. The van der Waals surface area contributed by atoms with Crippen molar-refractivity contribution in [2.45, 2.75) is 37.8 Å². The largest absolute Gasteiger partial charge is 0.457 e. The van der Waals surface area contributed by atoms with Crippen LogP contribution in [0, 0.1) is 0 Å². The van der Waals surface area contributed by atoms with Crippen molar-refractivity contribution in [1.29, 1.82) is 0 Å². The Hall–Kier alpha value is -0.810. The van der Waals surface area contributed by atoms with E-state index in [4.69, 9.17) is 4.42 Å². The van der Waals surface area contributed by atoms with Gasteiger partial charge in [-0.3, -0.25) is 4.79 Å². The minimum Gasteiger partial charge on any atom is -0.457 e. The predicted molar refractivity (Wildman–Crippen MR) is 76.1 cm³/mol. The monoisotopic (exact) mass is 326 g/mol. The number of carbonyl (C=O) groups excluding carboxylic acids is 1. The molecule has 1 aromatic heterocycles. The van der Waals surface area contributed by atoms with Gasteiger partial charge in [0, 0.05) is 24.7 Å². The maximum absolute atomic E-state index is 12.6. The van der Waals surface area contributed by atoms with Crippen molar-refractivity contribution in [3.8, 4) is 0 Å². The van der Waals surface area contributed by atoms with Crippen molar-refractivity contribution in [2.75, 3.05) is 20.1 Å². The Kier molecular flexibility index (Phi) is 3.67. The molecule has 0 N–H and O–H groups in total. The number of rotatable bonds is 2. The Morgan fingerprint density at radius 1 is 1.32 bits per heavy atom. The summed E-state index contributed by atoms with van der Waals surface area (Å²) in [4.78, 5) is 17.0. The molecule has 104 valence electrons. The van der Waals surface area contributed by atoms with E-state index in [0.29, 0.717) is 22.3 Å². The summed E-state index contributed by atoms with van der Waals surface area (Å²) in [6.07, 6.45) is 6.23. The molecule has 0 aliphatic carbocycles. The van der Waals surface area contributed by atoms with Gasteiger partial charge < -0.3 is 14.2 Å². The van der Waals surface area contributed by atoms with Gasteiger partial charge in [0.1, 0.15) is 6.26 Å². The van der Waals surface area contributed by atoms with Crippen molar-refractivity contribution in [3.63, 3.8) is 0 Å². The first kappa shape index (κ1) is 13.2. The second-order valence-corrected chi connectivity index (χ2v) is 6.32. The van der Waals surface area contributed by atoms with E-state index in [-0.39, 0.29) is 5.91 Å². The van der Waals surface area contributed by atoms with Crippen molar-refractivity contribution in [1.82, 2.24) is 9.80 Å². The average molecular weight is 327 g/mol. The normalized spacial score (nSPS) is 28.2. The van der Waals surface area contributed by atoms with Crippen LogP contribution in [0.25, 0.3) is 0 Å². The maximum atomic E-state index is 12.6. The topological polar surface area (TPSA) is 36.7 Å². The Morgan fingerprint density at radius 3 is 2.68 bits per heavy atom. The van der Waals surface area contributed by atoms with E-state index in [0.717, 1.165) is 25.9 Å². The molecule has 3 heterocycles. The van der Waals surface area contributed by atoms with Gasteiger partial charge >= 0.3 is 0 Å². The fourth-order valence-corrected chi connectivity index (χ4v) is 3.79. The summed E-state index contributed by atoms with van der Waals surface area (Å²) >= 11 is 3.25. The number of furan rings is 1. The van der Waals surface area contributed by atoms with Crippen LogP contribution in [0.3, 0.4) is 0 Å². The molecule has 5 heteroatoms. The predicted octanol–water partition coefficient (Wildman–Crippen LogP) is 2.74. The molecule has 1 amide bonds. The third-order valence-corrected chi connectivity index (χ3v) is 4.81. The molecule has 2 atom stereocenters. The van der Waals surface area contributed by atoms with Gasteiger partial charge in [-0.05, 0) is 55.2 Å². The molecule has 3 rings (SSSR count). The fourth-order valence-electron chi connectivity index (χ4n) is 3.45. The lowest BCUT2D eigenvalue weighted by Crippen LogP contribution is -2.47. The van der Waals surface area contributed by atoms with Crippen molar-refractivity contribution in [2.24, 2.45) is 0 Å². The van der Waals surface area contributed by atoms with Crippen LogP contribution in [0.2, 0.25) is 0 Å². The van der Waals surface area contributed by atoms with Crippen LogP contribution >= 0.6 is 15.9 Å². The van der Waals surface area contributed by atoms with Gasteiger partial charge in [-0.25, -0.2) is 0 Å². The molecule has 19 heavy (non-hydrogen) atoms. The first-order chi connectivity index (χ1) is 9.16. The quantitative estimate of drug-likeness (QED) is 0.838. The molecule has 2 fully saturated rings. The van der Waals surface area contributed by atoms with Crippen LogP contribution in [0.4, 0.5) is 0 Å². The zero-order valence-electron chi connectivity index (χ0n) is 11.1. The highest BCUT2D eigenvalue weighted by molar-refractivity contribution is 9.10. The molecule has 0 unspecified atom stereocenters. The van der Waals surface area contributed by atoms with Gasteiger partial charge in [0.15, 0.2) is 4.67 Å². The average Bonchev–Trinajstić information content (AvgIpc) is 3.07. The number of likely N-dealkylation sites (N-methyl/N-ethyl adjacent to an activating group) is 1. The fraction of sp³-hybridized carbons (Fsp3) is 0.643. The highest BCUT2D eigenvalue weighted by atomic mass is 79.9. The molecular formula is C14H19BrN2O2. The standard InChI is InChI=1S/C14H19BrN2O2/c1-16-6-2-4-11(16)12-5-3-7-17(12)14(18)10-8-13(15)19-9-10/h8-9,11-12H,2-7H2,1H3/t11-,12-/m1/s1. The Morgan fingerprint density at radius 2 is 2.05 bits per heavy atom. The van der Waals surface area contributed by atoms with Crippen molar-refractivity contribution < 1.29 is 9.21 Å². The molecule has 0 spiro atoms. The van der Waals surface area contributed by atoms with Gasteiger partial charge in [-0.15, -0.1) is 0 Å². The van der Waals surface area contributed by atoms with Gasteiger partial charge in [-0.2, -0.15) is 0 Å². The van der Waals surface area contributed by atoms with E-state index in [9.17, 15) is 4.79 Å². The molecule has 0 radical (unpaired) electrons. The zero-order chi connectivity index (χ0) is 13.4. The number of nitrogens with zero attached hydrogens (tertiary/aromatic N) is 2. The van der Waals surface area contributed by atoms with E-state index in [1.165, 1.54) is 12.8 Å². The lowest BCUT2D eigenvalue weighted by molar-refractivity contribution is 0.0664. The summed E-state index contributed by atoms with van der Waals surface area (Å²) in [5.74, 6) is 0.109. The lowest BCUT2D eigenvalue weighted by atomic mass is 10.0. The van der Waals surface area contributed by atoms with Crippen LogP contribution in [-0.2, 0) is 0 Å². The Labute approximate surface area is 121 Å². The summed E-state index contributed by atoms with van der Waals surface area (Å²) in [5, 5.41) is 0. The first-order valence-corrected chi connectivity index (χ1v) is 7.71. The molecule has 0 bridgehead atoms. The number of amides is 1. The highest BCUT2D eigenvalue weighted by Crippen LogP contribution is 2.30. The van der Waals surface area contributed by atoms with Gasteiger partial charge in [0.25, 0.3) is 5.91 Å². The number of likely N-dealkylation sites (tertiary alicyclic amines) is 2. The molecule has 0 saturated carbocycles. The molecule has 1 aromatic rings. The SMILES string of the molecule is CN1CCC[C@@H]1[C@H]1CCCN1C(=O)c1coc(Br)c1. The van der Waals surface area contributed by atoms with E-state index >= 15 is 0 Å². The molecule has 2 aliphatic rings. The van der Waals surface area contributed by atoms with E-state index in [1.807, 2.05) is 4.90 Å². The molecular weight excluding hydrogens is 308 g/mol. The third-order valence-electron chi connectivity index (χ3n) is 4.40. The summed E-state index contributed by atoms with van der Waals surface area (Å²) in [5.41, 5.74) is 0.652. The Bertz CT molecular complexity index is 474. The number of carbonyl (C=O) groups is 1. The number of hydrogen-bond donors (Lipinski definition) is 0. The number of hydrogen-bond acceptors (Lipinski definition) is 3. The molecule has 0 aromatic carbocycles. The van der Waals surface area contributed by atoms with Crippen molar-refractivity contribution in [3.05, 3.63) is 22.6 Å². The zero-order valence-corrected chi connectivity index (χ0v) is 12.7. The lowest BCUT2D eigenvalue weighted by Gasteiger charge is -2.33. The summed E-state index contributed by atoms with van der Waals surface area (Å²) < 4.78 is 5.80. The van der Waals surface area contributed by atoms with Gasteiger partial charge in [-0.1, -0.05) is 0 Å². The summed E-state index contributed by atoms with van der Waals surface area (Å²) in [6, 6.07) is 2.66. The second-order valence-electron chi connectivity index (χ2n) is 5.54. The van der Waals surface area contributed by atoms with Crippen LogP contribution in [0.1, 0.15) is 36.0 Å². The van der Waals surface area contributed by atoms with E-state index in [1.54, 1.807) is 12.3 Å². The second kappa shape index (κ2) is 5.29. The highest BCUT2D eigenvalue weighted by Gasteiger charge is 2.38. The number of halogens is 1. The summed E-state index contributed by atoms with van der Waals surface area (Å²) in [6.45, 7) is 2.02. The van der Waals surface area contributed by atoms with Crippen molar-refractivity contribution >= 4 is 21.8 Å². The minimum absolute atomic E-state index is 0.109. The minimum atomic E-state index is 0.109. The Balaban J connectivity index is 1.77. The van der Waals surface area contributed by atoms with Crippen LogP contribution in [0.5, 0.6) is 0 Å². The molecule has 2 saturated heterocycles. The first-order valence-electron chi connectivity index (χ1n) is 6.92. The van der Waals surface area contributed by atoms with Gasteiger partial charge in [0.05, 0.1) is 5.56 Å². The smallest absolute Gasteiger partial charge is 0.257 e. The van der Waals surface area contributed by atoms with Gasteiger partial charge in [0.2, 0.25) is 0 Å². The van der Waals surface area contributed by atoms with E-state index < -0.39 is 0 Å². The van der Waals surface area contributed by atoms with E-state index in [2.05, 4.69) is 27.9 Å².